The predicted octanol–water partition coefficient (Wildman–Crippen LogP) is 18.0. The minimum absolute atomic E-state index is 0.326. The highest BCUT2D eigenvalue weighted by Gasteiger charge is 2.25. The van der Waals surface area contributed by atoms with Crippen LogP contribution in [0.1, 0.15) is 22.3 Å². The molecular weight excluding hydrogens is 939 g/mol. The van der Waals surface area contributed by atoms with Crippen molar-refractivity contribution < 1.29 is 8.78 Å². The summed E-state index contributed by atoms with van der Waals surface area (Å²) in [5.74, 6) is -0.855. The van der Waals surface area contributed by atoms with Crippen LogP contribution in [0, 0.1) is 57.0 Å². The largest absolute Gasteiger partial charge is 0.307 e. The van der Waals surface area contributed by atoms with Crippen molar-refractivity contribution in [3.63, 3.8) is 0 Å². The van der Waals surface area contributed by atoms with Gasteiger partial charge in [0.1, 0.15) is 11.6 Å². The lowest BCUT2D eigenvalue weighted by Crippen LogP contribution is -2.13. The third-order valence-electron chi connectivity index (χ3n) is 14.0. The van der Waals surface area contributed by atoms with Gasteiger partial charge in [0.15, 0.2) is 0 Å². The molecule has 0 fully saturated rings. The van der Waals surface area contributed by atoms with E-state index in [1.54, 1.807) is 72.8 Å². The van der Waals surface area contributed by atoms with E-state index in [1.807, 2.05) is 107 Å². The fourth-order valence-electron chi connectivity index (χ4n) is 10.3. The van der Waals surface area contributed by atoms with Crippen molar-refractivity contribution >= 4 is 66.4 Å². The lowest BCUT2D eigenvalue weighted by Gasteiger charge is -2.30. The zero-order valence-electron chi connectivity index (χ0n) is 40.4. The van der Waals surface area contributed by atoms with E-state index in [-0.39, 0.29) is 0 Å². The molecule has 0 aliphatic rings. The van der Waals surface area contributed by atoms with Crippen LogP contribution in [0.2, 0.25) is 0 Å². The van der Waals surface area contributed by atoms with E-state index in [0.29, 0.717) is 56.4 Å². The molecule has 0 aliphatic carbocycles. The van der Waals surface area contributed by atoms with Gasteiger partial charge in [-0.15, -0.1) is 0 Å². The molecule has 0 N–H and O–H groups in total. The fourth-order valence-corrected chi connectivity index (χ4v) is 10.3. The molecular formula is C68H38F2N6. The summed E-state index contributed by atoms with van der Waals surface area (Å²) in [6.45, 7) is 0. The summed E-state index contributed by atoms with van der Waals surface area (Å²) in [6.07, 6.45) is 0. The van der Waals surface area contributed by atoms with Gasteiger partial charge in [-0.2, -0.15) is 21.0 Å². The minimum atomic E-state index is -0.427. The van der Waals surface area contributed by atoms with Crippen molar-refractivity contribution in [1.29, 1.82) is 21.0 Å². The fraction of sp³-hybridized carbons (Fsp3) is 0. The van der Waals surface area contributed by atoms with Gasteiger partial charge in [0.05, 0.1) is 69.3 Å². The monoisotopic (exact) mass is 976 g/mol. The molecule has 0 saturated heterocycles. The molecule has 8 heteroatoms. The molecule has 0 saturated carbocycles. The van der Waals surface area contributed by atoms with Gasteiger partial charge in [-0.25, -0.2) is 8.78 Å². The van der Waals surface area contributed by atoms with Crippen molar-refractivity contribution in [3.8, 4) is 68.8 Å². The van der Waals surface area contributed by atoms with Gasteiger partial charge in [-0.05, 0) is 187 Å². The number of hydrogen-bond donors (Lipinski definition) is 0. The zero-order chi connectivity index (χ0) is 51.9. The predicted molar refractivity (Wildman–Crippen MR) is 300 cm³/mol. The van der Waals surface area contributed by atoms with Gasteiger partial charge < -0.3 is 9.80 Å². The number of anilines is 6. The maximum atomic E-state index is 16.7. The van der Waals surface area contributed by atoms with Gasteiger partial charge in [0.25, 0.3) is 0 Å². The first-order chi connectivity index (χ1) is 37.3. The van der Waals surface area contributed by atoms with Crippen molar-refractivity contribution in [2.45, 2.75) is 0 Å². The van der Waals surface area contributed by atoms with Gasteiger partial charge in [0, 0.05) is 22.1 Å². The molecule has 0 bridgehead atoms. The van der Waals surface area contributed by atoms with Crippen LogP contribution in [0.5, 0.6) is 0 Å². The first-order valence-corrected chi connectivity index (χ1v) is 24.4. The molecule has 0 heterocycles. The van der Waals surface area contributed by atoms with Crippen LogP contribution in [0.4, 0.5) is 42.9 Å². The number of para-hydroxylation sites is 2. The highest BCUT2D eigenvalue weighted by molar-refractivity contribution is 6.28. The molecule has 6 nitrogen and oxygen atoms in total. The smallest absolute Gasteiger partial charge is 0.147 e. The Morgan fingerprint density at radius 3 is 0.855 bits per heavy atom. The summed E-state index contributed by atoms with van der Waals surface area (Å²) < 4.78 is 33.4. The summed E-state index contributed by atoms with van der Waals surface area (Å²) in [5, 5.41) is 44.1. The van der Waals surface area contributed by atoms with E-state index in [2.05, 4.69) is 72.8 Å². The average Bonchev–Trinajstić information content (AvgIpc) is 3.54. The van der Waals surface area contributed by atoms with E-state index < -0.39 is 11.6 Å². The molecule has 12 aromatic carbocycles. The lowest BCUT2D eigenvalue weighted by molar-refractivity contribution is 0.628. The highest BCUT2D eigenvalue weighted by atomic mass is 19.1. The maximum Gasteiger partial charge on any atom is 0.147 e. The van der Waals surface area contributed by atoms with Crippen molar-refractivity contribution in [1.82, 2.24) is 0 Å². The Hall–Kier alpha value is -10.9. The standard InChI is InChI=1S/C68H38F2N6/c69-61-5-1-3-7-65(61)75(57-35-53(47-17-9-43(39-71)10-18-47)33-54(36-57)48-19-11-44(40-72)12-20-48)63-31-27-51-26-30-60-64(32-28-52-25-29-59(63)67(51)68(52)60)76(66-8-4-2-6-62(66)70)58-37-55(49-21-13-45(41-73)14-22-49)34-56(38-58)50-23-15-46(42-74)16-24-50/h1-38H. The molecule has 354 valence electrons. The van der Waals surface area contributed by atoms with Crippen LogP contribution in [0.25, 0.3) is 76.8 Å². The van der Waals surface area contributed by atoms with E-state index >= 15 is 8.78 Å². The molecule has 0 radical (unpaired) electrons. The number of halogens is 2. The third-order valence-corrected chi connectivity index (χ3v) is 14.0. The Balaban J connectivity index is 1.10. The van der Waals surface area contributed by atoms with E-state index in [4.69, 9.17) is 0 Å². The lowest BCUT2D eigenvalue weighted by atomic mass is 9.91. The van der Waals surface area contributed by atoms with Crippen molar-refractivity contribution in [3.05, 3.63) is 264 Å². The van der Waals surface area contributed by atoms with Crippen LogP contribution in [0.15, 0.2) is 231 Å². The van der Waals surface area contributed by atoms with Crippen LogP contribution < -0.4 is 9.80 Å². The first kappa shape index (κ1) is 46.2. The summed E-state index contributed by atoms with van der Waals surface area (Å²) in [5.41, 5.74) is 12.3. The molecule has 0 aromatic heterocycles. The van der Waals surface area contributed by atoms with E-state index in [1.165, 1.54) is 12.1 Å². The second-order valence-corrected chi connectivity index (χ2v) is 18.5. The Morgan fingerprint density at radius 1 is 0.276 bits per heavy atom. The maximum absolute atomic E-state index is 16.7. The second kappa shape index (κ2) is 19.3. The van der Waals surface area contributed by atoms with Gasteiger partial charge in [-0.3, -0.25) is 0 Å². The number of nitrogens with zero attached hydrogens (tertiary/aromatic N) is 6. The third kappa shape index (κ3) is 8.31. The summed E-state index contributed by atoms with van der Waals surface area (Å²) in [7, 11) is 0. The Morgan fingerprint density at radius 2 is 0.566 bits per heavy atom. The molecule has 0 unspecified atom stereocenters. The number of benzene rings is 12. The molecule has 0 spiro atoms. The number of nitriles is 4. The van der Waals surface area contributed by atoms with Crippen LogP contribution in [0.3, 0.4) is 0 Å². The van der Waals surface area contributed by atoms with E-state index in [0.717, 1.165) is 76.8 Å². The normalized spacial score (nSPS) is 11.0. The first-order valence-electron chi connectivity index (χ1n) is 24.4. The Bertz CT molecular complexity index is 3970. The highest BCUT2D eigenvalue weighted by Crippen LogP contribution is 2.50. The number of rotatable bonds is 10. The van der Waals surface area contributed by atoms with Crippen LogP contribution >= 0.6 is 0 Å². The van der Waals surface area contributed by atoms with Gasteiger partial charge in [0.2, 0.25) is 0 Å². The van der Waals surface area contributed by atoms with E-state index in [9.17, 15) is 21.0 Å². The van der Waals surface area contributed by atoms with Crippen molar-refractivity contribution in [2.75, 3.05) is 9.80 Å². The topological polar surface area (TPSA) is 102 Å². The Kier molecular flexibility index (Phi) is 11.7. The molecule has 12 aromatic rings. The Labute approximate surface area is 437 Å². The van der Waals surface area contributed by atoms with Gasteiger partial charge in [-0.1, -0.05) is 109 Å². The van der Waals surface area contributed by atoms with Crippen LogP contribution in [-0.4, -0.2) is 0 Å². The number of hydrogen-bond acceptors (Lipinski definition) is 6. The molecule has 0 aliphatic heterocycles. The second-order valence-electron chi connectivity index (χ2n) is 18.5. The molecule has 12 rings (SSSR count). The SMILES string of the molecule is N#Cc1ccc(-c2cc(-c3ccc(C#N)cc3)cc(N(c3ccccc3F)c3ccc4ccc5c(N(c6cc(-c7ccc(C#N)cc7)cc(-c7ccc(C#N)cc7)c6)c6ccccc6F)ccc6ccc3c4c65)c2)cc1. The molecule has 0 atom stereocenters. The zero-order valence-corrected chi connectivity index (χ0v) is 40.4. The van der Waals surface area contributed by atoms with Crippen LogP contribution in [-0.2, 0) is 0 Å². The van der Waals surface area contributed by atoms with Crippen molar-refractivity contribution in [2.24, 2.45) is 0 Å². The average molecular weight is 977 g/mol. The summed E-state index contributed by atoms with van der Waals surface area (Å²) in [6, 6.07) is 80.5. The molecule has 0 amide bonds. The quantitative estimate of drug-likeness (QED) is 0.127. The minimum Gasteiger partial charge on any atom is -0.307 e. The summed E-state index contributed by atoms with van der Waals surface area (Å²) in [4.78, 5) is 3.90. The summed E-state index contributed by atoms with van der Waals surface area (Å²) >= 11 is 0. The molecule has 76 heavy (non-hydrogen) atoms. The van der Waals surface area contributed by atoms with Gasteiger partial charge >= 0.3 is 0 Å².